The van der Waals surface area contributed by atoms with Gasteiger partial charge in [0.15, 0.2) is 0 Å². The molecule has 0 aromatic heterocycles. The summed E-state index contributed by atoms with van der Waals surface area (Å²) in [7, 11) is 1.78. The summed E-state index contributed by atoms with van der Waals surface area (Å²) < 4.78 is 0. The zero-order valence-electron chi connectivity index (χ0n) is 5.94. The van der Waals surface area contributed by atoms with Crippen molar-refractivity contribution in [1.29, 1.82) is 5.41 Å². The van der Waals surface area contributed by atoms with Crippen molar-refractivity contribution in [3.63, 3.8) is 0 Å². The lowest BCUT2D eigenvalue weighted by Gasteiger charge is -1.97. The summed E-state index contributed by atoms with van der Waals surface area (Å²) in [6, 6.07) is 0. The second-order valence-corrected chi connectivity index (χ2v) is 1.22. The van der Waals surface area contributed by atoms with Crippen LogP contribution < -0.4 is 5.32 Å². The molecule has 0 heterocycles. The molecule has 0 unspecified atom stereocenters. The van der Waals surface area contributed by atoms with Crippen LogP contribution in [0.25, 0.3) is 0 Å². The van der Waals surface area contributed by atoms with Crippen LogP contribution in [-0.2, 0) is 0 Å². The van der Waals surface area contributed by atoms with Crippen LogP contribution in [0.2, 0.25) is 0 Å². The molecule has 0 aromatic rings. The molecule has 3 nitrogen and oxygen atoms in total. The Morgan fingerprint density at radius 3 is 2.22 bits per heavy atom. The minimum atomic E-state index is 0.104. The first-order chi connectivity index (χ1) is 4.35. The largest absolute Gasteiger partial charge is 0.390 e. The maximum atomic E-state index is 8.40. The van der Waals surface area contributed by atoms with Crippen LogP contribution in [0.15, 0.2) is 11.8 Å². The Hall–Kier alpha value is -0.830. The first-order valence-corrected chi connectivity index (χ1v) is 2.64. The Labute approximate surface area is 55.9 Å². The number of allylic oxidation sites excluding steroid dienone is 1. The highest BCUT2D eigenvalue weighted by Crippen LogP contribution is 1.80. The van der Waals surface area contributed by atoms with Gasteiger partial charge in [-0.25, -0.2) is 0 Å². The van der Waals surface area contributed by atoms with Crippen LogP contribution >= 0.6 is 0 Å². The lowest BCUT2D eigenvalue weighted by atomic mass is 10.4. The van der Waals surface area contributed by atoms with Crippen molar-refractivity contribution in [3.8, 4) is 0 Å². The molecule has 0 saturated heterocycles. The third-order valence-electron chi connectivity index (χ3n) is 0.840. The van der Waals surface area contributed by atoms with E-state index in [1.165, 1.54) is 0 Å². The molecule has 3 heteroatoms. The van der Waals surface area contributed by atoms with Gasteiger partial charge in [-0.15, -0.1) is 0 Å². The summed E-state index contributed by atoms with van der Waals surface area (Å²) in [5.74, 6) is 0. The monoisotopic (exact) mass is 130 g/mol. The molecule has 0 aliphatic carbocycles. The number of aliphatic hydroxyl groups excluding tert-OH is 1. The Morgan fingerprint density at radius 1 is 1.78 bits per heavy atom. The van der Waals surface area contributed by atoms with Crippen molar-refractivity contribution in [2.75, 3.05) is 13.7 Å². The molecule has 0 fully saturated rings. The number of hydrogen-bond acceptors (Lipinski definition) is 3. The highest BCUT2D eigenvalue weighted by Gasteiger charge is 1.81. The molecule has 0 saturated carbocycles. The molecule has 0 radical (unpaired) electrons. The molecule has 3 N–H and O–H groups in total. The molecule has 0 aliphatic rings. The van der Waals surface area contributed by atoms with Crippen molar-refractivity contribution in [2.24, 2.45) is 0 Å². The average Bonchev–Trinajstić information content (AvgIpc) is 1.96. The second kappa shape index (κ2) is 10.2. The first kappa shape index (κ1) is 11.0. The fraction of sp³-hybridized carbons (Fsp3) is 0.500. The molecule has 54 valence electrons. The van der Waals surface area contributed by atoms with E-state index in [2.05, 4.69) is 12.0 Å². The van der Waals surface area contributed by atoms with Gasteiger partial charge in [-0.1, -0.05) is 6.08 Å². The van der Waals surface area contributed by atoms with E-state index in [1.807, 2.05) is 13.0 Å². The van der Waals surface area contributed by atoms with Crippen LogP contribution in [0.3, 0.4) is 0 Å². The Balaban J connectivity index is 0. The zero-order chi connectivity index (χ0) is 7.70. The van der Waals surface area contributed by atoms with Crippen LogP contribution in [-0.4, -0.2) is 25.5 Å². The molecule has 0 rings (SSSR count). The van der Waals surface area contributed by atoms with Crippen LogP contribution in [0.1, 0.15) is 6.92 Å². The van der Waals surface area contributed by atoms with E-state index in [0.29, 0.717) is 0 Å². The predicted octanol–water partition coefficient (Wildman–Crippen LogP) is 0.368. The Morgan fingerprint density at radius 2 is 2.22 bits per heavy atom. The lowest BCUT2D eigenvalue weighted by Crippen LogP contribution is -2.08. The van der Waals surface area contributed by atoms with Gasteiger partial charge in [-0.05, 0) is 13.6 Å². The van der Waals surface area contributed by atoms with Gasteiger partial charge >= 0.3 is 0 Å². The summed E-state index contributed by atoms with van der Waals surface area (Å²) in [4.78, 5) is 0. The standard InChI is InChI=1S/C5H11NO.CH3N/c1-3-5(4-7)6-2;1-2/h3,6-7H,4H2,1-2H3;2H,1H2/b5-3-;. The molecular formula is C6H14N2O. The number of likely N-dealkylation sites (N-methyl/N-ethyl adjacent to an activating group) is 1. The second-order valence-electron chi connectivity index (χ2n) is 1.22. The zero-order valence-corrected chi connectivity index (χ0v) is 5.94. The fourth-order valence-electron chi connectivity index (χ4n) is 0.315. The van der Waals surface area contributed by atoms with Gasteiger partial charge in [0, 0.05) is 12.7 Å². The van der Waals surface area contributed by atoms with Crippen molar-refractivity contribution in [1.82, 2.24) is 5.32 Å². The van der Waals surface area contributed by atoms with E-state index in [4.69, 9.17) is 10.5 Å². The molecule has 0 aliphatic heterocycles. The fourth-order valence-corrected chi connectivity index (χ4v) is 0.315. The summed E-state index contributed by atoms with van der Waals surface area (Å²) in [6.07, 6.45) is 1.83. The smallest absolute Gasteiger partial charge is 0.0824 e. The van der Waals surface area contributed by atoms with E-state index in [1.54, 1.807) is 7.05 Å². The molecular weight excluding hydrogens is 116 g/mol. The SMILES string of the molecule is C/C=C(/CO)NC.C=N. The number of rotatable bonds is 2. The minimum Gasteiger partial charge on any atom is -0.390 e. The highest BCUT2D eigenvalue weighted by molar-refractivity contribution is 5.15. The van der Waals surface area contributed by atoms with Gasteiger partial charge in [0.25, 0.3) is 0 Å². The number of nitrogens with one attached hydrogen (secondary N) is 2. The topological polar surface area (TPSA) is 56.1 Å². The molecule has 0 atom stereocenters. The normalized spacial score (nSPS) is 9.44. The third-order valence-corrected chi connectivity index (χ3v) is 0.840. The Kier molecular flexibility index (Phi) is 12.5. The summed E-state index contributed by atoms with van der Waals surface area (Å²) >= 11 is 0. The van der Waals surface area contributed by atoms with E-state index in [-0.39, 0.29) is 6.61 Å². The van der Waals surface area contributed by atoms with Gasteiger partial charge in [0.2, 0.25) is 0 Å². The van der Waals surface area contributed by atoms with Crippen LogP contribution in [0.5, 0.6) is 0 Å². The third kappa shape index (κ3) is 7.17. The Bertz CT molecular complexity index is 75.1. The maximum absolute atomic E-state index is 8.40. The average molecular weight is 130 g/mol. The number of aliphatic hydroxyl groups is 1. The van der Waals surface area contributed by atoms with E-state index >= 15 is 0 Å². The van der Waals surface area contributed by atoms with E-state index in [0.717, 1.165) is 5.70 Å². The molecule has 9 heavy (non-hydrogen) atoms. The summed E-state index contributed by atoms with van der Waals surface area (Å²) in [5.41, 5.74) is 0.861. The summed E-state index contributed by atoms with van der Waals surface area (Å²) in [6.45, 7) is 4.48. The first-order valence-electron chi connectivity index (χ1n) is 2.64. The lowest BCUT2D eigenvalue weighted by molar-refractivity contribution is 0.323. The van der Waals surface area contributed by atoms with Gasteiger partial charge in [-0.2, -0.15) is 0 Å². The van der Waals surface area contributed by atoms with Gasteiger partial charge in [0.1, 0.15) is 0 Å². The van der Waals surface area contributed by atoms with Crippen molar-refractivity contribution < 1.29 is 5.11 Å². The predicted molar refractivity (Wildman–Crippen MR) is 39.7 cm³/mol. The molecule has 0 bridgehead atoms. The summed E-state index contributed by atoms with van der Waals surface area (Å²) in [5, 5.41) is 16.7. The van der Waals surface area contributed by atoms with E-state index < -0.39 is 0 Å². The quantitative estimate of drug-likeness (QED) is 0.473. The van der Waals surface area contributed by atoms with Gasteiger partial charge < -0.3 is 15.8 Å². The van der Waals surface area contributed by atoms with Crippen molar-refractivity contribution in [2.45, 2.75) is 6.92 Å². The maximum Gasteiger partial charge on any atom is 0.0824 e. The van der Waals surface area contributed by atoms with E-state index in [9.17, 15) is 0 Å². The molecule has 0 aromatic carbocycles. The molecule has 0 amide bonds. The number of hydrogen-bond donors (Lipinski definition) is 3. The van der Waals surface area contributed by atoms with Crippen molar-refractivity contribution in [3.05, 3.63) is 11.8 Å². The highest BCUT2D eigenvalue weighted by atomic mass is 16.3. The minimum absolute atomic E-state index is 0.104. The molecule has 0 spiro atoms. The van der Waals surface area contributed by atoms with Gasteiger partial charge in [-0.3, -0.25) is 0 Å². The van der Waals surface area contributed by atoms with Crippen LogP contribution in [0.4, 0.5) is 0 Å². The van der Waals surface area contributed by atoms with Crippen LogP contribution in [0, 0.1) is 5.41 Å². The van der Waals surface area contributed by atoms with Crippen molar-refractivity contribution >= 4 is 6.72 Å². The van der Waals surface area contributed by atoms with Gasteiger partial charge in [0.05, 0.1) is 6.61 Å².